The van der Waals surface area contributed by atoms with Crippen molar-refractivity contribution in [1.82, 2.24) is 4.98 Å². The molecule has 0 unspecified atom stereocenters. The number of halogens is 1. The minimum Gasteiger partial charge on any atom is -0.465 e. The zero-order valence-electron chi connectivity index (χ0n) is 10.4. The van der Waals surface area contributed by atoms with Crippen molar-refractivity contribution < 1.29 is 13.9 Å². The van der Waals surface area contributed by atoms with Gasteiger partial charge in [0.25, 0.3) is 0 Å². The average molecular weight is 260 g/mol. The molecule has 0 saturated carbocycles. The number of hydrogen-bond donors (Lipinski definition) is 1. The second kappa shape index (κ2) is 5.95. The third-order valence-electron chi connectivity index (χ3n) is 2.57. The van der Waals surface area contributed by atoms with Crippen LogP contribution in [0.4, 0.5) is 10.1 Å². The number of hydrogen-bond acceptors (Lipinski definition) is 4. The van der Waals surface area contributed by atoms with Crippen LogP contribution in [-0.2, 0) is 11.3 Å². The Kier molecular flexibility index (Phi) is 4.07. The van der Waals surface area contributed by atoms with Gasteiger partial charge in [0.1, 0.15) is 5.82 Å². The van der Waals surface area contributed by atoms with Gasteiger partial charge in [-0.15, -0.1) is 0 Å². The number of methoxy groups -OCH3 is 1. The van der Waals surface area contributed by atoms with E-state index in [4.69, 9.17) is 0 Å². The topological polar surface area (TPSA) is 51.2 Å². The molecular formula is C14H13FN2O2. The van der Waals surface area contributed by atoms with Gasteiger partial charge < -0.3 is 10.1 Å². The van der Waals surface area contributed by atoms with Crippen molar-refractivity contribution in [1.29, 1.82) is 0 Å². The Labute approximate surface area is 110 Å². The molecule has 1 heterocycles. The third kappa shape index (κ3) is 3.28. The van der Waals surface area contributed by atoms with Gasteiger partial charge in [0.2, 0.25) is 0 Å². The zero-order valence-corrected chi connectivity index (χ0v) is 10.4. The number of esters is 1. The lowest BCUT2D eigenvalue weighted by molar-refractivity contribution is 0.0601. The molecule has 0 aliphatic heterocycles. The largest absolute Gasteiger partial charge is 0.465 e. The number of nitrogens with one attached hydrogen (secondary N) is 1. The minimum atomic E-state index is -0.581. The molecule has 0 aliphatic rings. The SMILES string of the molecule is COC(=O)c1cc(F)ccc1NCc1ccccn1. The predicted octanol–water partition coefficient (Wildman–Crippen LogP) is 2.62. The quantitative estimate of drug-likeness (QED) is 0.858. The molecule has 5 heteroatoms. The summed E-state index contributed by atoms with van der Waals surface area (Å²) in [5.74, 6) is -1.06. The first-order valence-electron chi connectivity index (χ1n) is 5.72. The minimum absolute atomic E-state index is 0.165. The van der Waals surface area contributed by atoms with Crippen LogP contribution in [0, 0.1) is 5.82 Å². The summed E-state index contributed by atoms with van der Waals surface area (Å²) in [7, 11) is 1.26. The van der Waals surface area contributed by atoms with E-state index in [1.54, 1.807) is 6.20 Å². The molecule has 2 aromatic rings. The van der Waals surface area contributed by atoms with Crippen molar-refractivity contribution >= 4 is 11.7 Å². The van der Waals surface area contributed by atoms with E-state index in [1.165, 1.54) is 19.2 Å². The lowest BCUT2D eigenvalue weighted by Gasteiger charge is -2.10. The fourth-order valence-electron chi connectivity index (χ4n) is 1.64. The molecule has 0 atom stereocenters. The monoisotopic (exact) mass is 260 g/mol. The first-order valence-corrected chi connectivity index (χ1v) is 5.72. The highest BCUT2D eigenvalue weighted by molar-refractivity contribution is 5.95. The molecule has 19 heavy (non-hydrogen) atoms. The Morgan fingerprint density at radius 3 is 2.89 bits per heavy atom. The van der Waals surface area contributed by atoms with Gasteiger partial charge in [0.15, 0.2) is 0 Å². The van der Waals surface area contributed by atoms with Crippen molar-refractivity contribution in [2.24, 2.45) is 0 Å². The summed E-state index contributed by atoms with van der Waals surface area (Å²) < 4.78 is 17.8. The van der Waals surface area contributed by atoms with Gasteiger partial charge in [0, 0.05) is 11.9 Å². The van der Waals surface area contributed by atoms with Crippen LogP contribution in [0.3, 0.4) is 0 Å². The lowest BCUT2D eigenvalue weighted by atomic mass is 10.1. The average Bonchev–Trinajstić information content (AvgIpc) is 2.46. The standard InChI is InChI=1S/C14H13FN2O2/c1-19-14(18)12-8-10(15)5-6-13(12)17-9-11-4-2-3-7-16-11/h2-8,17H,9H2,1H3. The van der Waals surface area contributed by atoms with Crippen molar-refractivity contribution in [3.63, 3.8) is 0 Å². The zero-order chi connectivity index (χ0) is 13.7. The maximum atomic E-state index is 13.2. The van der Waals surface area contributed by atoms with Crippen LogP contribution >= 0.6 is 0 Å². The van der Waals surface area contributed by atoms with Crippen molar-refractivity contribution in [3.05, 3.63) is 59.7 Å². The number of benzene rings is 1. The van der Waals surface area contributed by atoms with Crippen LogP contribution in [-0.4, -0.2) is 18.1 Å². The van der Waals surface area contributed by atoms with E-state index < -0.39 is 11.8 Å². The number of carbonyl (C=O) groups excluding carboxylic acids is 1. The first-order chi connectivity index (χ1) is 9.20. The van der Waals surface area contributed by atoms with Crippen molar-refractivity contribution in [2.75, 3.05) is 12.4 Å². The molecular weight excluding hydrogens is 247 g/mol. The molecule has 98 valence electrons. The smallest absolute Gasteiger partial charge is 0.340 e. The van der Waals surface area contributed by atoms with E-state index in [0.717, 1.165) is 11.8 Å². The fraction of sp³-hybridized carbons (Fsp3) is 0.143. The number of nitrogens with zero attached hydrogens (tertiary/aromatic N) is 1. The molecule has 1 aromatic heterocycles. The number of ether oxygens (including phenoxy) is 1. The summed E-state index contributed by atoms with van der Waals surface area (Å²) in [5.41, 5.74) is 1.50. The summed E-state index contributed by atoms with van der Waals surface area (Å²) in [5, 5.41) is 3.04. The molecule has 4 nitrogen and oxygen atoms in total. The van der Waals surface area contributed by atoms with Gasteiger partial charge in [-0.05, 0) is 30.3 Å². The third-order valence-corrected chi connectivity index (χ3v) is 2.57. The molecule has 0 fully saturated rings. The maximum absolute atomic E-state index is 13.2. The van der Waals surface area contributed by atoms with E-state index in [0.29, 0.717) is 12.2 Å². The van der Waals surface area contributed by atoms with Crippen LogP contribution < -0.4 is 5.32 Å². The van der Waals surface area contributed by atoms with Crippen LogP contribution in [0.1, 0.15) is 16.1 Å². The number of carbonyl (C=O) groups is 1. The van der Waals surface area contributed by atoms with Crippen LogP contribution in [0.2, 0.25) is 0 Å². The number of pyridine rings is 1. The van der Waals surface area contributed by atoms with Gasteiger partial charge >= 0.3 is 5.97 Å². The Morgan fingerprint density at radius 1 is 1.37 bits per heavy atom. The summed E-state index contributed by atoms with van der Waals surface area (Å²) in [6, 6.07) is 9.48. The van der Waals surface area contributed by atoms with E-state index in [9.17, 15) is 9.18 Å². The molecule has 0 bridgehead atoms. The van der Waals surface area contributed by atoms with Gasteiger partial charge in [0.05, 0.1) is 24.9 Å². The van der Waals surface area contributed by atoms with Crippen molar-refractivity contribution in [2.45, 2.75) is 6.54 Å². The summed E-state index contributed by atoms with van der Waals surface area (Å²) >= 11 is 0. The second-order valence-electron chi connectivity index (χ2n) is 3.86. The summed E-state index contributed by atoms with van der Waals surface area (Å²) in [4.78, 5) is 15.7. The second-order valence-corrected chi connectivity index (χ2v) is 3.86. The van der Waals surface area contributed by atoms with Crippen LogP contribution in [0.25, 0.3) is 0 Å². The van der Waals surface area contributed by atoms with E-state index in [2.05, 4.69) is 15.0 Å². The Hall–Kier alpha value is -2.43. The molecule has 1 N–H and O–H groups in total. The maximum Gasteiger partial charge on any atom is 0.340 e. The van der Waals surface area contributed by atoms with E-state index >= 15 is 0 Å². The number of anilines is 1. The van der Waals surface area contributed by atoms with E-state index in [-0.39, 0.29) is 5.56 Å². The van der Waals surface area contributed by atoms with Crippen LogP contribution in [0.5, 0.6) is 0 Å². The normalized spacial score (nSPS) is 10.0. The molecule has 2 rings (SSSR count). The molecule has 0 spiro atoms. The van der Waals surface area contributed by atoms with Crippen molar-refractivity contribution in [3.8, 4) is 0 Å². The first kappa shape index (κ1) is 13.0. The highest BCUT2D eigenvalue weighted by Gasteiger charge is 2.12. The lowest BCUT2D eigenvalue weighted by Crippen LogP contribution is -2.09. The van der Waals surface area contributed by atoms with Crippen LogP contribution in [0.15, 0.2) is 42.6 Å². The number of aromatic nitrogens is 1. The Balaban J connectivity index is 2.18. The highest BCUT2D eigenvalue weighted by atomic mass is 19.1. The van der Waals surface area contributed by atoms with Gasteiger partial charge in [-0.3, -0.25) is 4.98 Å². The van der Waals surface area contributed by atoms with E-state index in [1.807, 2.05) is 18.2 Å². The fourth-order valence-corrected chi connectivity index (χ4v) is 1.64. The van der Waals surface area contributed by atoms with Gasteiger partial charge in [-0.25, -0.2) is 9.18 Å². The predicted molar refractivity (Wildman–Crippen MR) is 69.3 cm³/mol. The molecule has 0 saturated heterocycles. The molecule has 0 aliphatic carbocycles. The summed E-state index contributed by atoms with van der Waals surface area (Å²) in [6.07, 6.45) is 1.68. The van der Waals surface area contributed by atoms with Gasteiger partial charge in [-0.2, -0.15) is 0 Å². The van der Waals surface area contributed by atoms with Gasteiger partial charge in [-0.1, -0.05) is 6.07 Å². The highest BCUT2D eigenvalue weighted by Crippen LogP contribution is 2.18. The number of rotatable bonds is 4. The molecule has 0 amide bonds. The summed E-state index contributed by atoms with van der Waals surface area (Å²) in [6.45, 7) is 0.441. The Bertz CT molecular complexity index is 573. The molecule has 1 aromatic carbocycles. The molecule has 0 radical (unpaired) electrons. The Morgan fingerprint density at radius 2 is 2.21 bits per heavy atom.